The minimum atomic E-state index is -0.667. The monoisotopic (exact) mass is 585 g/mol. The summed E-state index contributed by atoms with van der Waals surface area (Å²) in [5.41, 5.74) is 1.42. The van der Waals surface area contributed by atoms with Gasteiger partial charge in [-0.05, 0) is 106 Å². The van der Waals surface area contributed by atoms with Crippen LogP contribution < -0.4 is 0 Å². The first kappa shape index (κ1) is 37.9. The molecule has 0 aromatic heterocycles. The van der Waals surface area contributed by atoms with Gasteiger partial charge in [-0.2, -0.15) is 0 Å². The van der Waals surface area contributed by atoms with Crippen LogP contribution >= 0.6 is 0 Å². The molecule has 0 radical (unpaired) electrons. The second kappa shape index (κ2) is 18.4. The molecule has 1 saturated heterocycles. The van der Waals surface area contributed by atoms with Gasteiger partial charge in [0, 0.05) is 18.2 Å². The van der Waals surface area contributed by atoms with E-state index < -0.39 is 29.8 Å². The number of hydrogen-bond donors (Lipinski definition) is 0. The Morgan fingerprint density at radius 3 is 1.88 bits per heavy atom. The second-order valence-corrected chi connectivity index (χ2v) is 10.6. The van der Waals surface area contributed by atoms with Crippen LogP contribution in [0.25, 0.3) is 11.1 Å². The molecule has 2 fully saturated rings. The van der Waals surface area contributed by atoms with Gasteiger partial charge < -0.3 is 14.5 Å². The number of hydrogen-bond acceptors (Lipinski definition) is 3. The Morgan fingerprint density at radius 1 is 0.951 bits per heavy atom. The highest BCUT2D eigenvalue weighted by Gasteiger charge is 2.58. The highest BCUT2D eigenvalue weighted by Crippen LogP contribution is 2.59. The lowest BCUT2D eigenvalue weighted by molar-refractivity contribution is -0.119. The number of halogens is 5. The molecular formula is C32H44F5NO3. The third-order valence-corrected chi connectivity index (χ3v) is 7.10. The lowest BCUT2D eigenvalue weighted by Gasteiger charge is -2.26. The van der Waals surface area contributed by atoms with Gasteiger partial charge in [-0.3, -0.25) is 4.79 Å². The maximum Gasteiger partial charge on any atom is 0.209 e. The summed E-state index contributed by atoms with van der Waals surface area (Å²) < 4.78 is 65.9. The van der Waals surface area contributed by atoms with Crippen LogP contribution in [0.15, 0.2) is 30.3 Å². The van der Waals surface area contributed by atoms with Crippen molar-refractivity contribution in [1.29, 1.82) is 0 Å². The summed E-state index contributed by atoms with van der Waals surface area (Å²) in [5, 5.41) is 0. The molecule has 2 aromatic rings. The van der Waals surface area contributed by atoms with Crippen molar-refractivity contribution in [2.24, 2.45) is 11.3 Å². The number of carbonyl (C=O) groups excluding carboxylic acids is 3. The normalized spacial score (nSPS) is 18.4. The Balaban J connectivity index is 0.00000105. The molecule has 3 atom stereocenters. The zero-order valence-corrected chi connectivity index (χ0v) is 25.0. The summed E-state index contributed by atoms with van der Waals surface area (Å²) in [6.45, 7) is 14.9. The lowest BCUT2D eigenvalue weighted by atomic mass is 9.83. The predicted molar refractivity (Wildman–Crippen MR) is 154 cm³/mol. The van der Waals surface area contributed by atoms with E-state index >= 15 is 4.39 Å². The van der Waals surface area contributed by atoms with Crippen molar-refractivity contribution in [3.63, 3.8) is 0 Å². The quantitative estimate of drug-likeness (QED) is 0.255. The van der Waals surface area contributed by atoms with Crippen molar-refractivity contribution in [3.05, 3.63) is 58.9 Å². The van der Waals surface area contributed by atoms with E-state index in [1.54, 1.807) is 24.8 Å². The first-order chi connectivity index (χ1) is 19.4. The summed E-state index contributed by atoms with van der Waals surface area (Å²) in [6, 6.07) is 6.39. The highest BCUT2D eigenvalue weighted by molar-refractivity contribution is 5.66. The van der Waals surface area contributed by atoms with Crippen molar-refractivity contribution < 1.29 is 36.3 Å². The maximum atomic E-state index is 15.3. The van der Waals surface area contributed by atoms with Gasteiger partial charge in [-0.1, -0.05) is 26.3 Å². The molecule has 1 heterocycles. The van der Waals surface area contributed by atoms with Crippen molar-refractivity contribution in [1.82, 2.24) is 4.90 Å². The molecule has 0 N–H and O–H groups in total. The Hall–Kier alpha value is -3.10. The first-order valence-electron chi connectivity index (χ1n) is 13.7. The highest BCUT2D eigenvalue weighted by atomic mass is 19.1. The van der Waals surface area contributed by atoms with Gasteiger partial charge in [0.25, 0.3) is 0 Å². The van der Waals surface area contributed by atoms with Crippen LogP contribution in [0.4, 0.5) is 22.0 Å². The molecule has 1 spiro atoms. The minimum absolute atomic E-state index is 0.0578. The van der Waals surface area contributed by atoms with Gasteiger partial charge in [0.15, 0.2) is 0 Å². The number of carbonyl (C=O) groups is 3. The molecule has 4 rings (SSSR count). The van der Waals surface area contributed by atoms with Crippen molar-refractivity contribution in [2.75, 3.05) is 6.54 Å². The molecule has 2 aliphatic rings. The van der Waals surface area contributed by atoms with E-state index in [9.17, 15) is 22.4 Å². The topological polar surface area (TPSA) is 54.5 Å². The Labute approximate surface area is 241 Å². The number of benzene rings is 2. The van der Waals surface area contributed by atoms with Crippen LogP contribution in [0.1, 0.15) is 71.4 Å². The van der Waals surface area contributed by atoms with Gasteiger partial charge in [0.05, 0.1) is 12.3 Å². The van der Waals surface area contributed by atoms with Crippen LogP contribution in [0, 0.1) is 35.7 Å². The fourth-order valence-electron chi connectivity index (χ4n) is 5.13. The molecule has 2 aromatic carbocycles. The molecule has 41 heavy (non-hydrogen) atoms. The van der Waals surface area contributed by atoms with E-state index in [0.717, 1.165) is 31.7 Å². The molecule has 1 saturated carbocycles. The number of aryl methyl sites for hydroxylation is 1. The van der Waals surface area contributed by atoms with Crippen LogP contribution in [0.2, 0.25) is 0 Å². The van der Waals surface area contributed by atoms with Gasteiger partial charge in [-0.15, -0.1) is 0 Å². The molecule has 4 nitrogen and oxygen atoms in total. The fraction of sp³-hybridized carbons (Fsp3) is 0.531. The number of rotatable bonds is 6. The van der Waals surface area contributed by atoms with Gasteiger partial charge in [0.2, 0.25) is 6.41 Å². The molecule has 1 aliphatic heterocycles. The average Bonchev–Trinajstić information content (AvgIpc) is 3.63. The summed E-state index contributed by atoms with van der Waals surface area (Å²) in [6.07, 6.45) is 3.55. The molecule has 0 bridgehead atoms. The Kier molecular flexibility index (Phi) is 17.0. The molecular weight excluding hydrogens is 541 g/mol. The minimum Gasteiger partial charge on any atom is -0.341 e. The molecule has 9 heteroatoms. The van der Waals surface area contributed by atoms with E-state index in [1.807, 2.05) is 20.5 Å². The van der Waals surface area contributed by atoms with Gasteiger partial charge >= 0.3 is 0 Å². The SMILES string of the molecule is C=O.C=O.CC(C)F.CCC(C)F.CC[C@@H]1[C@H](Cc2cc(F)cc(-c3cc(C)cc(F)c3)c2F)N(C=O)CC12CC2. The number of likely N-dealkylation sites (tertiary alicyclic amines) is 1. The second-order valence-electron chi connectivity index (χ2n) is 10.6. The lowest BCUT2D eigenvalue weighted by Crippen LogP contribution is -2.34. The zero-order valence-electron chi connectivity index (χ0n) is 25.0. The number of nitrogens with zero attached hydrogens (tertiary/aromatic N) is 1. The molecule has 230 valence electrons. The van der Waals surface area contributed by atoms with Crippen LogP contribution in [0.3, 0.4) is 0 Å². The third kappa shape index (κ3) is 11.4. The largest absolute Gasteiger partial charge is 0.341 e. The van der Waals surface area contributed by atoms with Gasteiger partial charge in [0.1, 0.15) is 31.0 Å². The summed E-state index contributed by atoms with van der Waals surface area (Å²) in [4.78, 5) is 29.4. The fourth-order valence-corrected chi connectivity index (χ4v) is 5.13. The van der Waals surface area contributed by atoms with Crippen LogP contribution in [-0.2, 0) is 20.8 Å². The van der Waals surface area contributed by atoms with E-state index in [2.05, 4.69) is 6.92 Å². The Bertz CT molecular complexity index is 1050. The average molecular weight is 586 g/mol. The summed E-state index contributed by atoms with van der Waals surface area (Å²) >= 11 is 0. The van der Waals surface area contributed by atoms with E-state index in [-0.39, 0.29) is 29.0 Å². The van der Waals surface area contributed by atoms with E-state index in [4.69, 9.17) is 9.59 Å². The predicted octanol–water partition coefficient (Wildman–Crippen LogP) is 8.02. The first-order valence-corrected chi connectivity index (χ1v) is 13.7. The zero-order chi connectivity index (χ0) is 31.9. The Morgan fingerprint density at radius 2 is 1.46 bits per heavy atom. The number of amides is 1. The third-order valence-electron chi connectivity index (χ3n) is 7.10. The van der Waals surface area contributed by atoms with E-state index in [0.29, 0.717) is 30.0 Å². The van der Waals surface area contributed by atoms with Crippen LogP contribution in [0.5, 0.6) is 0 Å². The van der Waals surface area contributed by atoms with E-state index in [1.165, 1.54) is 32.0 Å². The van der Waals surface area contributed by atoms with Crippen molar-refractivity contribution >= 4 is 20.0 Å². The van der Waals surface area contributed by atoms with Crippen molar-refractivity contribution in [2.45, 2.75) is 92.0 Å². The van der Waals surface area contributed by atoms with Crippen molar-refractivity contribution in [3.8, 4) is 11.1 Å². The molecule has 1 unspecified atom stereocenters. The smallest absolute Gasteiger partial charge is 0.209 e. The summed E-state index contributed by atoms with van der Waals surface area (Å²) in [7, 11) is 0. The van der Waals surface area contributed by atoms with Crippen LogP contribution in [-0.4, -0.2) is 49.8 Å². The van der Waals surface area contributed by atoms with Gasteiger partial charge in [-0.25, -0.2) is 22.0 Å². The molecule has 1 aliphatic carbocycles. The maximum absolute atomic E-state index is 15.3. The number of alkyl halides is 2. The summed E-state index contributed by atoms with van der Waals surface area (Å²) in [5.74, 6) is -1.29. The standard InChI is InChI=1S/C23H24F3NO.C4H9F.C3H7F.2CH2O/c1-3-20-21(27(13-28)12-23(20)4-5-23)10-16-9-18(25)11-19(22(16)26)15-6-14(2)7-17(24)8-15;1-3-4(2)5;1-3(2)4;2*1-2/h6-9,11,13,20-21H,3-5,10,12H2,1-2H3;4H,3H2,1-2H3;3H,1-2H3;2*1H2/t20-,21+;;;;/m1..../s1. The molecule has 1 amide bonds.